The van der Waals surface area contributed by atoms with E-state index in [0.717, 1.165) is 16.7 Å². The number of aliphatic hydroxyl groups excluding tert-OH is 1. The molecule has 3 aromatic rings. The lowest BCUT2D eigenvalue weighted by Gasteiger charge is -2.36. The van der Waals surface area contributed by atoms with Gasteiger partial charge in [0.05, 0.1) is 31.7 Å². The van der Waals surface area contributed by atoms with Gasteiger partial charge in [-0.1, -0.05) is 59.6 Å². The second kappa shape index (κ2) is 11.2. The molecule has 1 saturated heterocycles. The van der Waals surface area contributed by atoms with Crippen LogP contribution < -0.4 is 10.6 Å². The highest BCUT2D eigenvalue weighted by atomic mass is 35.5. The van der Waals surface area contributed by atoms with Crippen LogP contribution in [0.15, 0.2) is 54.9 Å². The first-order valence-electron chi connectivity index (χ1n) is 11.0. The van der Waals surface area contributed by atoms with Crippen LogP contribution in [0.2, 0.25) is 10.3 Å². The first kappa shape index (κ1) is 24.5. The van der Waals surface area contributed by atoms with Gasteiger partial charge >= 0.3 is 6.03 Å². The van der Waals surface area contributed by atoms with E-state index in [4.69, 9.17) is 32.7 Å². The number of imidazole rings is 1. The van der Waals surface area contributed by atoms with Gasteiger partial charge in [0, 0.05) is 24.2 Å². The van der Waals surface area contributed by atoms with Crippen LogP contribution in [0.1, 0.15) is 42.4 Å². The number of amides is 2. The Bertz CT molecular complexity index is 1120. The predicted octanol–water partition coefficient (Wildman–Crippen LogP) is 5.07. The first-order valence-corrected chi connectivity index (χ1v) is 11.7. The quantitative estimate of drug-likeness (QED) is 0.417. The molecular weight excluding hydrogens is 479 g/mol. The molecule has 0 saturated carbocycles. The minimum absolute atomic E-state index is 0.0224. The SMILES string of the molecule is CCNC(=O)Nc1cccc([C@H]2O[C@@H](Cn3cnc(Cl)c3Cl)C[C@@H](c3ccc(CO)cc3)O2)c1. The molecule has 2 amide bonds. The summed E-state index contributed by atoms with van der Waals surface area (Å²) in [6.07, 6.45) is 0.992. The smallest absolute Gasteiger partial charge is 0.319 e. The van der Waals surface area contributed by atoms with Crippen LogP contribution in [-0.4, -0.2) is 33.3 Å². The Balaban J connectivity index is 1.58. The molecule has 1 fully saturated rings. The summed E-state index contributed by atoms with van der Waals surface area (Å²) < 4.78 is 14.4. The average Bonchev–Trinajstić information content (AvgIpc) is 3.16. The van der Waals surface area contributed by atoms with Gasteiger partial charge < -0.3 is 29.8 Å². The third-order valence-electron chi connectivity index (χ3n) is 5.50. The monoisotopic (exact) mass is 504 g/mol. The Morgan fingerprint density at radius 2 is 1.97 bits per heavy atom. The summed E-state index contributed by atoms with van der Waals surface area (Å²) in [6, 6.07) is 14.7. The summed E-state index contributed by atoms with van der Waals surface area (Å²) in [6.45, 7) is 2.80. The molecule has 8 nitrogen and oxygen atoms in total. The van der Waals surface area contributed by atoms with Crippen molar-refractivity contribution in [2.45, 2.75) is 45.0 Å². The second-order valence-corrected chi connectivity index (χ2v) is 8.65. The lowest BCUT2D eigenvalue weighted by molar-refractivity contribution is -0.252. The van der Waals surface area contributed by atoms with Gasteiger partial charge in [0.25, 0.3) is 0 Å². The van der Waals surface area contributed by atoms with Crippen molar-refractivity contribution >= 4 is 34.9 Å². The van der Waals surface area contributed by atoms with Gasteiger partial charge in [-0.3, -0.25) is 0 Å². The molecule has 1 aromatic heterocycles. The highest BCUT2D eigenvalue weighted by Gasteiger charge is 2.33. The Morgan fingerprint density at radius 1 is 1.18 bits per heavy atom. The van der Waals surface area contributed by atoms with Crippen LogP contribution in [0.25, 0.3) is 0 Å². The van der Waals surface area contributed by atoms with Crippen molar-refractivity contribution in [1.29, 1.82) is 0 Å². The van der Waals surface area contributed by atoms with Crippen LogP contribution >= 0.6 is 23.2 Å². The molecule has 4 rings (SSSR count). The summed E-state index contributed by atoms with van der Waals surface area (Å²) in [4.78, 5) is 16.0. The fraction of sp³-hybridized carbons (Fsp3) is 0.333. The number of aliphatic hydroxyl groups is 1. The normalized spacial score (nSPS) is 20.2. The maximum Gasteiger partial charge on any atom is 0.319 e. The number of carbonyl (C=O) groups excluding carboxylic acids is 1. The molecule has 0 radical (unpaired) electrons. The van der Waals surface area contributed by atoms with E-state index >= 15 is 0 Å². The third kappa shape index (κ3) is 5.89. The molecule has 10 heteroatoms. The summed E-state index contributed by atoms with van der Waals surface area (Å²) in [5.41, 5.74) is 3.20. The molecule has 0 unspecified atom stereocenters. The molecule has 3 N–H and O–H groups in total. The minimum atomic E-state index is -0.671. The number of hydrogen-bond acceptors (Lipinski definition) is 5. The molecule has 0 bridgehead atoms. The van der Waals surface area contributed by atoms with Gasteiger partial charge in [-0.05, 0) is 30.2 Å². The zero-order chi connectivity index (χ0) is 24.1. The van der Waals surface area contributed by atoms with Crippen LogP contribution in [0.4, 0.5) is 10.5 Å². The van der Waals surface area contributed by atoms with Gasteiger partial charge in [0.1, 0.15) is 5.15 Å². The molecule has 3 atom stereocenters. The number of halogens is 2. The van der Waals surface area contributed by atoms with E-state index < -0.39 is 6.29 Å². The molecule has 0 aliphatic carbocycles. The van der Waals surface area contributed by atoms with Crippen molar-refractivity contribution in [3.63, 3.8) is 0 Å². The number of nitrogens with zero attached hydrogens (tertiary/aromatic N) is 2. The average molecular weight is 505 g/mol. The number of nitrogens with one attached hydrogen (secondary N) is 2. The topological polar surface area (TPSA) is 97.6 Å². The van der Waals surface area contributed by atoms with E-state index in [1.165, 1.54) is 0 Å². The second-order valence-electron chi connectivity index (χ2n) is 7.94. The van der Waals surface area contributed by atoms with Crippen LogP contribution in [-0.2, 0) is 22.6 Å². The van der Waals surface area contributed by atoms with E-state index in [1.54, 1.807) is 17.0 Å². The van der Waals surface area contributed by atoms with Gasteiger partial charge in [0.15, 0.2) is 11.4 Å². The summed E-state index contributed by atoms with van der Waals surface area (Å²) in [5.74, 6) is 0. The Kier molecular flexibility index (Phi) is 8.07. The zero-order valence-electron chi connectivity index (χ0n) is 18.6. The molecule has 2 aromatic carbocycles. The Hall–Kier alpha value is -2.62. The molecule has 0 spiro atoms. The van der Waals surface area contributed by atoms with Crippen LogP contribution in [0.3, 0.4) is 0 Å². The molecule has 1 aliphatic rings. The highest BCUT2D eigenvalue weighted by molar-refractivity contribution is 6.40. The fourth-order valence-corrected chi connectivity index (χ4v) is 4.14. The lowest BCUT2D eigenvalue weighted by Crippen LogP contribution is -2.32. The lowest BCUT2D eigenvalue weighted by atomic mass is 10.00. The molecule has 34 heavy (non-hydrogen) atoms. The predicted molar refractivity (Wildman–Crippen MR) is 130 cm³/mol. The van der Waals surface area contributed by atoms with Crippen LogP contribution in [0.5, 0.6) is 0 Å². The van der Waals surface area contributed by atoms with Crippen molar-refractivity contribution in [3.8, 4) is 0 Å². The number of urea groups is 1. The molecule has 1 aliphatic heterocycles. The minimum Gasteiger partial charge on any atom is -0.392 e. The molecule has 180 valence electrons. The Labute approximate surface area is 207 Å². The summed E-state index contributed by atoms with van der Waals surface area (Å²) in [5, 5.41) is 15.5. The fourth-order valence-electron chi connectivity index (χ4n) is 3.82. The Morgan fingerprint density at radius 3 is 2.65 bits per heavy atom. The molecule has 2 heterocycles. The maximum absolute atomic E-state index is 11.9. The maximum atomic E-state index is 11.9. The van der Waals surface area contributed by atoms with E-state index in [2.05, 4.69) is 15.6 Å². The standard InChI is InChI=1S/C24H26Cl2N4O4/c1-2-27-24(32)29-18-5-3-4-17(10-18)23-33-19(12-30-14-28-21(25)22(30)26)11-20(34-23)16-8-6-15(13-31)7-9-16/h3-10,14,19-20,23,31H,2,11-13H2,1H3,(H2,27,29,32)/t19-,20+,23+/m1/s1. The van der Waals surface area contributed by atoms with E-state index in [0.29, 0.717) is 30.4 Å². The summed E-state index contributed by atoms with van der Waals surface area (Å²) >= 11 is 12.3. The van der Waals surface area contributed by atoms with Crippen molar-refractivity contribution in [2.75, 3.05) is 11.9 Å². The van der Waals surface area contributed by atoms with Gasteiger partial charge in [-0.2, -0.15) is 0 Å². The van der Waals surface area contributed by atoms with E-state index in [1.807, 2.05) is 49.4 Å². The van der Waals surface area contributed by atoms with Crippen molar-refractivity contribution < 1.29 is 19.4 Å². The van der Waals surface area contributed by atoms with Crippen molar-refractivity contribution in [2.24, 2.45) is 0 Å². The number of benzene rings is 2. The van der Waals surface area contributed by atoms with Crippen LogP contribution in [0, 0.1) is 0 Å². The molecular formula is C24H26Cl2N4O4. The number of carbonyl (C=O) groups is 1. The van der Waals surface area contributed by atoms with Gasteiger partial charge in [-0.15, -0.1) is 0 Å². The largest absolute Gasteiger partial charge is 0.392 e. The highest BCUT2D eigenvalue weighted by Crippen LogP contribution is 2.39. The van der Waals surface area contributed by atoms with E-state index in [-0.39, 0.29) is 30.0 Å². The number of ether oxygens (including phenoxy) is 2. The first-order chi connectivity index (χ1) is 16.5. The number of rotatable bonds is 7. The zero-order valence-corrected chi connectivity index (χ0v) is 20.1. The van der Waals surface area contributed by atoms with Gasteiger partial charge in [-0.25, -0.2) is 9.78 Å². The third-order valence-corrected chi connectivity index (χ3v) is 6.27. The summed E-state index contributed by atoms with van der Waals surface area (Å²) in [7, 11) is 0. The number of hydrogen-bond donors (Lipinski definition) is 3. The van der Waals surface area contributed by atoms with Crippen molar-refractivity contribution in [3.05, 3.63) is 81.9 Å². The van der Waals surface area contributed by atoms with E-state index in [9.17, 15) is 9.90 Å². The number of anilines is 1. The van der Waals surface area contributed by atoms with Crippen molar-refractivity contribution in [1.82, 2.24) is 14.9 Å². The number of aromatic nitrogens is 2. The van der Waals surface area contributed by atoms with Gasteiger partial charge in [0.2, 0.25) is 0 Å².